The SMILES string of the molecule is C[C@@H](NC1CC(c2ccccc2)C1)c1ccc(F)cc1. The zero-order chi connectivity index (χ0) is 13.9. The van der Waals surface area contributed by atoms with Crippen LogP contribution in [-0.2, 0) is 0 Å². The molecule has 0 heterocycles. The molecular weight excluding hydrogens is 249 g/mol. The minimum absolute atomic E-state index is 0.172. The zero-order valence-corrected chi connectivity index (χ0v) is 11.7. The molecule has 104 valence electrons. The van der Waals surface area contributed by atoms with Crippen LogP contribution in [0.5, 0.6) is 0 Å². The van der Waals surface area contributed by atoms with Crippen LogP contribution >= 0.6 is 0 Å². The van der Waals surface area contributed by atoms with Crippen LogP contribution in [0.15, 0.2) is 54.6 Å². The fourth-order valence-electron chi connectivity index (χ4n) is 2.95. The Hall–Kier alpha value is -1.67. The number of nitrogens with one attached hydrogen (secondary N) is 1. The molecule has 3 rings (SSSR count). The Morgan fingerprint density at radius 3 is 2.30 bits per heavy atom. The van der Waals surface area contributed by atoms with E-state index < -0.39 is 0 Å². The molecule has 1 aliphatic carbocycles. The van der Waals surface area contributed by atoms with Gasteiger partial charge >= 0.3 is 0 Å². The van der Waals surface area contributed by atoms with Crippen molar-refractivity contribution >= 4 is 0 Å². The molecule has 0 saturated heterocycles. The second-order valence-corrected chi connectivity index (χ2v) is 5.72. The van der Waals surface area contributed by atoms with Crippen LogP contribution in [0.4, 0.5) is 4.39 Å². The van der Waals surface area contributed by atoms with E-state index in [0.717, 1.165) is 5.56 Å². The average Bonchev–Trinajstić information content (AvgIpc) is 2.44. The van der Waals surface area contributed by atoms with Crippen LogP contribution < -0.4 is 5.32 Å². The van der Waals surface area contributed by atoms with Gasteiger partial charge in [0.25, 0.3) is 0 Å². The van der Waals surface area contributed by atoms with Gasteiger partial charge in [-0.1, -0.05) is 42.5 Å². The van der Waals surface area contributed by atoms with Gasteiger partial charge in [-0.05, 0) is 48.9 Å². The molecule has 2 aromatic rings. The Bertz CT molecular complexity index is 543. The van der Waals surface area contributed by atoms with Gasteiger partial charge in [0, 0.05) is 12.1 Å². The molecule has 0 spiro atoms. The summed E-state index contributed by atoms with van der Waals surface area (Å²) in [5, 5.41) is 3.63. The van der Waals surface area contributed by atoms with Crippen LogP contribution in [0.1, 0.15) is 42.9 Å². The maximum absolute atomic E-state index is 12.9. The predicted octanol–water partition coefficient (Wildman–Crippen LogP) is 4.42. The van der Waals surface area contributed by atoms with Gasteiger partial charge in [0.15, 0.2) is 0 Å². The minimum atomic E-state index is -0.172. The molecule has 20 heavy (non-hydrogen) atoms. The van der Waals surface area contributed by atoms with Crippen LogP contribution in [0.3, 0.4) is 0 Å². The Labute approximate surface area is 119 Å². The van der Waals surface area contributed by atoms with E-state index in [9.17, 15) is 4.39 Å². The largest absolute Gasteiger partial charge is 0.307 e. The van der Waals surface area contributed by atoms with Crippen molar-refractivity contribution in [3.05, 3.63) is 71.5 Å². The van der Waals surface area contributed by atoms with Crippen LogP contribution in [-0.4, -0.2) is 6.04 Å². The third kappa shape index (κ3) is 2.91. The minimum Gasteiger partial charge on any atom is -0.307 e. The smallest absolute Gasteiger partial charge is 0.123 e. The average molecular weight is 269 g/mol. The van der Waals surface area contributed by atoms with E-state index in [-0.39, 0.29) is 11.9 Å². The second-order valence-electron chi connectivity index (χ2n) is 5.72. The summed E-state index contributed by atoms with van der Waals surface area (Å²) in [6, 6.07) is 18.3. The third-order valence-corrected chi connectivity index (χ3v) is 4.26. The molecule has 2 aromatic carbocycles. The van der Waals surface area contributed by atoms with Gasteiger partial charge in [0.2, 0.25) is 0 Å². The lowest BCUT2D eigenvalue weighted by molar-refractivity contribution is 0.271. The van der Waals surface area contributed by atoms with Crippen LogP contribution in [0.25, 0.3) is 0 Å². The zero-order valence-electron chi connectivity index (χ0n) is 11.7. The molecule has 1 aliphatic rings. The first-order valence-corrected chi connectivity index (χ1v) is 7.29. The van der Waals surface area contributed by atoms with E-state index in [4.69, 9.17) is 0 Å². The molecule has 0 radical (unpaired) electrons. The van der Waals surface area contributed by atoms with Crippen molar-refractivity contribution in [2.75, 3.05) is 0 Å². The van der Waals surface area contributed by atoms with Gasteiger partial charge in [0.05, 0.1) is 0 Å². The summed E-state index contributed by atoms with van der Waals surface area (Å²) in [6.07, 6.45) is 2.38. The van der Waals surface area contributed by atoms with Gasteiger partial charge in [0.1, 0.15) is 5.82 Å². The normalized spacial score (nSPS) is 23.1. The van der Waals surface area contributed by atoms with Gasteiger partial charge in [-0.25, -0.2) is 4.39 Å². The molecule has 2 heteroatoms. The summed E-state index contributed by atoms with van der Waals surface area (Å²) in [7, 11) is 0. The van der Waals surface area contributed by atoms with E-state index in [1.165, 1.54) is 30.5 Å². The van der Waals surface area contributed by atoms with E-state index >= 15 is 0 Å². The van der Waals surface area contributed by atoms with E-state index in [2.05, 4.69) is 42.6 Å². The van der Waals surface area contributed by atoms with Gasteiger partial charge in [-0.3, -0.25) is 0 Å². The highest BCUT2D eigenvalue weighted by Gasteiger charge is 2.30. The molecule has 1 nitrogen and oxygen atoms in total. The summed E-state index contributed by atoms with van der Waals surface area (Å²) in [6.45, 7) is 2.14. The summed E-state index contributed by atoms with van der Waals surface area (Å²) in [5.74, 6) is 0.517. The number of benzene rings is 2. The first-order valence-electron chi connectivity index (χ1n) is 7.29. The fraction of sp³-hybridized carbons (Fsp3) is 0.333. The Morgan fingerprint density at radius 2 is 1.65 bits per heavy atom. The molecule has 1 atom stereocenters. The van der Waals surface area contributed by atoms with Crippen molar-refractivity contribution in [2.45, 2.75) is 37.8 Å². The molecule has 1 saturated carbocycles. The van der Waals surface area contributed by atoms with Crippen LogP contribution in [0.2, 0.25) is 0 Å². The first kappa shape index (κ1) is 13.3. The molecule has 0 aliphatic heterocycles. The highest BCUT2D eigenvalue weighted by Crippen LogP contribution is 2.37. The summed E-state index contributed by atoms with van der Waals surface area (Å²) in [5.41, 5.74) is 2.59. The lowest BCUT2D eigenvalue weighted by atomic mass is 9.75. The number of hydrogen-bond donors (Lipinski definition) is 1. The van der Waals surface area contributed by atoms with E-state index in [0.29, 0.717) is 12.0 Å². The highest BCUT2D eigenvalue weighted by atomic mass is 19.1. The van der Waals surface area contributed by atoms with Crippen molar-refractivity contribution in [1.29, 1.82) is 0 Å². The van der Waals surface area contributed by atoms with E-state index in [1.54, 1.807) is 0 Å². The van der Waals surface area contributed by atoms with Gasteiger partial charge < -0.3 is 5.32 Å². The second kappa shape index (κ2) is 5.76. The van der Waals surface area contributed by atoms with Crippen molar-refractivity contribution in [2.24, 2.45) is 0 Å². The summed E-state index contributed by atoms with van der Waals surface area (Å²) < 4.78 is 12.9. The third-order valence-electron chi connectivity index (χ3n) is 4.26. The number of hydrogen-bond acceptors (Lipinski definition) is 1. The molecule has 0 bridgehead atoms. The van der Waals surface area contributed by atoms with Crippen molar-refractivity contribution < 1.29 is 4.39 Å². The monoisotopic (exact) mass is 269 g/mol. The molecule has 0 amide bonds. The predicted molar refractivity (Wildman–Crippen MR) is 80.2 cm³/mol. The van der Waals surface area contributed by atoms with Crippen molar-refractivity contribution in [1.82, 2.24) is 5.32 Å². The first-order chi connectivity index (χ1) is 9.72. The quantitative estimate of drug-likeness (QED) is 0.866. The van der Waals surface area contributed by atoms with E-state index in [1.807, 2.05) is 12.1 Å². The van der Waals surface area contributed by atoms with Gasteiger partial charge in [-0.2, -0.15) is 0 Å². The summed E-state index contributed by atoms with van der Waals surface area (Å²) >= 11 is 0. The molecule has 1 N–H and O–H groups in total. The van der Waals surface area contributed by atoms with Crippen molar-refractivity contribution in [3.63, 3.8) is 0 Å². The number of halogens is 1. The Kier molecular flexibility index (Phi) is 3.83. The molecular formula is C18H20FN. The molecule has 0 unspecified atom stereocenters. The maximum Gasteiger partial charge on any atom is 0.123 e. The molecule has 1 fully saturated rings. The van der Waals surface area contributed by atoms with Crippen molar-refractivity contribution in [3.8, 4) is 0 Å². The fourth-order valence-corrected chi connectivity index (χ4v) is 2.95. The number of rotatable bonds is 4. The standard InChI is InChI=1S/C18H20FN/c1-13(14-7-9-17(19)10-8-14)20-18-11-16(12-18)15-5-3-2-4-6-15/h2-10,13,16,18,20H,11-12H2,1H3/t13-,16?,18?/m1/s1. The lowest BCUT2D eigenvalue weighted by Gasteiger charge is -2.38. The van der Waals surface area contributed by atoms with Crippen LogP contribution in [0, 0.1) is 5.82 Å². The maximum atomic E-state index is 12.9. The topological polar surface area (TPSA) is 12.0 Å². The Balaban J connectivity index is 1.52. The summed E-state index contributed by atoms with van der Waals surface area (Å²) in [4.78, 5) is 0. The highest BCUT2D eigenvalue weighted by molar-refractivity contribution is 5.24. The Morgan fingerprint density at radius 1 is 1.00 bits per heavy atom. The lowest BCUT2D eigenvalue weighted by Crippen LogP contribution is -2.41. The molecule has 0 aromatic heterocycles. The van der Waals surface area contributed by atoms with Gasteiger partial charge in [-0.15, -0.1) is 0 Å².